The van der Waals surface area contributed by atoms with Gasteiger partial charge in [-0.2, -0.15) is 0 Å². The number of ether oxygens (including phenoxy) is 1. The highest BCUT2D eigenvalue weighted by Crippen LogP contribution is 2.33. The molecule has 1 aliphatic rings. The fourth-order valence-corrected chi connectivity index (χ4v) is 4.22. The Morgan fingerprint density at radius 1 is 0.694 bits per heavy atom. The lowest BCUT2D eigenvalue weighted by Crippen LogP contribution is -2.29. The molecule has 0 atom stereocenters. The predicted octanol–water partition coefficient (Wildman–Crippen LogP) is 5.85. The number of nitrogens with zero attached hydrogens (tertiary/aromatic N) is 1. The van der Waals surface area contributed by atoms with Gasteiger partial charge in [-0.05, 0) is 41.5 Å². The second-order valence-corrected chi connectivity index (χ2v) is 8.51. The third kappa shape index (κ3) is 4.30. The van der Waals surface area contributed by atoms with Crippen molar-refractivity contribution in [1.29, 1.82) is 0 Å². The van der Waals surface area contributed by atoms with Crippen LogP contribution in [0.25, 0.3) is 11.1 Å². The molecular formula is C29H18ClNO5. The van der Waals surface area contributed by atoms with E-state index in [1.54, 1.807) is 36.4 Å². The molecule has 0 aliphatic carbocycles. The Balaban J connectivity index is 1.27. The minimum Gasteiger partial charge on any atom is -0.454 e. The zero-order valence-corrected chi connectivity index (χ0v) is 19.6. The van der Waals surface area contributed by atoms with Crippen LogP contribution in [0.5, 0.6) is 0 Å². The van der Waals surface area contributed by atoms with Crippen LogP contribution in [0.2, 0.25) is 5.02 Å². The van der Waals surface area contributed by atoms with Gasteiger partial charge < -0.3 is 4.74 Å². The number of anilines is 1. The minimum atomic E-state index is -0.775. The van der Waals surface area contributed by atoms with Crippen LogP contribution in [0.3, 0.4) is 0 Å². The van der Waals surface area contributed by atoms with Crippen LogP contribution in [-0.2, 0) is 4.74 Å². The molecule has 176 valence electrons. The molecule has 36 heavy (non-hydrogen) atoms. The highest BCUT2D eigenvalue weighted by atomic mass is 35.5. The van der Waals surface area contributed by atoms with Crippen LogP contribution >= 0.6 is 11.6 Å². The molecule has 0 saturated carbocycles. The molecule has 4 aromatic rings. The Morgan fingerprint density at radius 3 is 2.03 bits per heavy atom. The summed E-state index contributed by atoms with van der Waals surface area (Å²) in [5.41, 5.74) is 2.95. The maximum atomic E-state index is 13.0. The topological polar surface area (TPSA) is 80.8 Å². The summed E-state index contributed by atoms with van der Waals surface area (Å²) in [6.45, 7) is -0.459. The van der Waals surface area contributed by atoms with Gasteiger partial charge in [0.25, 0.3) is 11.8 Å². The monoisotopic (exact) mass is 495 g/mol. The van der Waals surface area contributed by atoms with E-state index in [1.165, 1.54) is 18.2 Å². The molecule has 0 spiro atoms. The number of amides is 2. The van der Waals surface area contributed by atoms with Gasteiger partial charge in [-0.15, -0.1) is 0 Å². The minimum absolute atomic E-state index is 0.0585. The van der Waals surface area contributed by atoms with Gasteiger partial charge >= 0.3 is 5.97 Å². The van der Waals surface area contributed by atoms with Gasteiger partial charge in [-0.1, -0.05) is 78.3 Å². The number of para-hydroxylation sites is 1. The van der Waals surface area contributed by atoms with Crippen molar-refractivity contribution >= 4 is 40.9 Å². The first-order valence-electron chi connectivity index (χ1n) is 11.1. The molecule has 0 bridgehead atoms. The van der Waals surface area contributed by atoms with Gasteiger partial charge in [-0.3, -0.25) is 14.4 Å². The third-order valence-corrected chi connectivity index (χ3v) is 6.18. The van der Waals surface area contributed by atoms with E-state index in [1.807, 2.05) is 42.5 Å². The molecule has 0 unspecified atom stereocenters. The normalized spacial score (nSPS) is 12.4. The summed E-state index contributed by atoms with van der Waals surface area (Å²) in [4.78, 5) is 51.9. The second-order valence-electron chi connectivity index (χ2n) is 8.10. The maximum Gasteiger partial charge on any atom is 0.338 e. The number of esters is 1. The van der Waals surface area contributed by atoms with Gasteiger partial charge in [0.05, 0.1) is 27.4 Å². The molecule has 0 N–H and O–H groups in total. The molecule has 0 saturated heterocycles. The van der Waals surface area contributed by atoms with E-state index in [-0.39, 0.29) is 33.2 Å². The van der Waals surface area contributed by atoms with E-state index in [0.29, 0.717) is 5.56 Å². The fraction of sp³-hybridized carbons (Fsp3) is 0.0345. The number of Topliss-reactive ketones (excluding diaryl/α,β-unsaturated/α-hetero) is 1. The summed E-state index contributed by atoms with van der Waals surface area (Å²) in [6.07, 6.45) is 0. The standard InChI is InChI=1S/C29H18ClNO5/c30-24-8-4-5-9-25(24)31-27(33)22-15-14-21(16-23(22)28(31)34)29(35)36-17-26(32)20-12-10-19(11-13-20)18-6-2-1-3-7-18/h1-16H,17H2. The number of carbonyl (C=O) groups excluding carboxylic acids is 4. The van der Waals surface area contributed by atoms with Gasteiger partial charge in [0, 0.05) is 5.56 Å². The van der Waals surface area contributed by atoms with Crippen LogP contribution in [0.1, 0.15) is 41.4 Å². The highest BCUT2D eigenvalue weighted by Gasteiger charge is 2.38. The Bertz CT molecular complexity index is 1510. The van der Waals surface area contributed by atoms with E-state index in [9.17, 15) is 19.2 Å². The first-order valence-corrected chi connectivity index (χ1v) is 11.4. The molecule has 0 aromatic heterocycles. The molecule has 1 heterocycles. The SMILES string of the molecule is O=C(COC(=O)c1ccc2c(c1)C(=O)N(c1ccccc1Cl)C2=O)c1ccc(-c2ccccc2)cc1. The number of fused-ring (bicyclic) bond motifs is 1. The van der Waals surface area contributed by atoms with Gasteiger partial charge in [-0.25, -0.2) is 9.69 Å². The number of benzene rings is 4. The molecule has 0 fully saturated rings. The lowest BCUT2D eigenvalue weighted by molar-refractivity contribution is 0.0474. The van der Waals surface area contributed by atoms with Crippen molar-refractivity contribution in [3.05, 3.63) is 124 Å². The fourth-order valence-electron chi connectivity index (χ4n) is 4.00. The Hall–Kier alpha value is -4.55. The number of hydrogen-bond acceptors (Lipinski definition) is 5. The average Bonchev–Trinajstić information content (AvgIpc) is 3.17. The van der Waals surface area contributed by atoms with E-state index in [2.05, 4.69) is 0 Å². The molecule has 6 nitrogen and oxygen atoms in total. The van der Waals surface area contributed by atoms with E-state index < -0.39 is 24.4 Å². The van der Waals surface area contributed by atoms with Crippen molar-refractivity contribution in [1.82, 2.24) is 0 Å². The number of halogens is 1. The first kappa shape index (κ1) is 23.2. The third-order valence-electron chi connectivity index (χ3n) is 5.86. The number of imide groups is 1. The summed E-state index contributed by atoms with van der Waals surface area (Å²) < 4.78 is 5.19. The predicted molar refractivity (Wildman–Crippen MR) is 136 cm³/mol. The summed E-state index contributed by atoms with van der Waals surface area (Å²) in [7, 11) is 0. The van der Waals surface area contributed by atoms with Crippen molar-refractivity contribution in [2.75, 3.05) is 11.5 Å². The van der Waals surface area contributed by atoms with Gasteiger partial charge in [0.1, 0.15) is 0 Å². The molecule has 2 amide bonds. The zero-order chi connectivity index (χ0) is 25.2. The highest BCUT2D eigenvalue weighted by molar-refractivity contribution is 6.39. The van der Waals surface area contributed by atoms with E-state index in [4.69, 9.17) is 16.3 Å². The second kappa shape index (κ2) is 9.60. The lowest BCUT2D eigenvalue weighted by Gasteiger charge is -2.15. The van der Waals surface area contributed by atoms with Crippen LogP contribution in [0.15, 0.2) is 97.1 Å². The molecular weight excluding hydrogens is 478 g/mol. The molecule has 5 rings (SSSR count). The van der Waals surface area contributed by atoms with E-state index in [0.717, 1.165) is 16.0 Å². The Morgan fingerprint density at radius 2 is 1.31 bits per heavy atom. The number of rotatable bonds is 6. The average molecular weight is 496 g/mol. The van der Waals surface area contributed by atoms with E-state index >= 15 is 0 Å². The van der Waals surface area contributed by atoms with Gasteiger partial charge in [0.15, 0.2) is 12.4 Å². The van der Waals surface area contributed by atoms with Crippen molar-refractivity contribution in [3.63, 3.8) is 0 Å². The van der Waals surface area contributed by atoms with Crippen molar-refractivity contribution < 1.29 is 23.9 Å². The van der Waals surface area contributed by atoms with Crippen LogP contribution in [-0.4, -0.2) is 30.2 Å². The zero-order valence-electron chi connectivity index (χ0n) is 18.8. The molecule has 0 radical (unpaired) electrons. The maximum absolute atomic E-state index is 13.0. The first-order chi connectivity index (χ1) is 17.4. The van der Waals surface area contributed by atoms with Crippen LogP contribution in [0, 0.1) is 0 Å². The largest absolute Gasteiger partial charge is 0.454 e. The summed E-state index contributed by atoms with van der Waals surface area (Å²) in [6, 6.07) is 27.4. The van der Waals surface area contributed by atoms with Crippen molar-refractivity contribution in [3.8, 4) is 11.1 Å². The molecule has 7 heteroatoms. The summed E-state index contributed by atoms with van der Waals surface area (Å²) >= 11 is 6.17. The van der Waals surface area contributed by atoms with Crippen molar-refractivity contribution in [2.45, 2.75) is 0 Å². The molecule has 1 aliphatic heterocycles. The van der Waals surface area contributed by atoms with Crippen LogP contribution < -0.4 is 4.90 Å². The van der Waals surface area contributed by atoms with Crippen LogP contribution in [0.4, 0.5) is 5.69 Å². The Labute approximate surface area is 211 Å². The number of ketones is 1. The Kier molecular flexibility index (Phi) is 6.19. The van der Waals surface area contributed by atoms with Gasteiger partial charge in [0.2, 0.25) is 0 Å². The smallest absolute Gasteiger partial charge is 0.338 e. The van der Waals surface area contributed by atoms with Crippen molar-refractivity contribution in [2.24, 2.45) is 0 Å². The summed E-state index contributed by atoms with van der Waals surface area (Å²) in [5.74, 6) is -2.26. The lowest BCUT2D eigenvalue weighted by atomic mass is 10.0. The number of hydrogen-bond donors (Lipinski definition) is 0. The number of carbonyl (C=O) groups is 4. The quantitative estimate of drug-likeness (QED) is 0.190. The summed E-state index contributed by atoms with van der Waals surface area (Å²) in [5, 5.41) is 0.252. The molecule has 4 aromatic carbocycles.